The molecule has 0 spiro atoms. The van der Waals surface area contributed by atoms with Gasteiger partial charge in [0.15, 0.2) is 6.10 Å². The molecule has 660 valence electrons. The van der Waals surface area contributed by atoms with Crippen molar-refractivity contribution in [1.82, 2.24) is 0 Å². The summed E-state index contributed by atoms with van der Waals surface area (Å²) in [6.45, 7) is 2.46. The Morgan fingerprint density at radius 2 is 0.461 bits per heavy atom. The Labute approximate surface area is 701 Å². The van der Waals surface area contributed by atoms with E-state index in [-0.39, 0.29) is 19.3 Å². The molecule has 0 radical (unpaired) electrons. The number of esters is 3. The van der Waals surface area contributed by atoms with Crippen LogP contribution in [0.25, 0.3) is 0 Å². The quantitative estimate of drug-likeness (QED) is 0.0146. The van der Waals surface area contributed by atoms with Crippen molar-refractivity contribution < 1.29 is 75.8 Å². The average molecular weight is 1650 g/mol. The van der Waals surface area contributed by atoms with E-state index >= 15 is 0 Å². The molecule has 16 nitrogen and oxygen atoms in total. The molecule has 5 atom stereocenters. The molecule has 0 aliphatic carbocycles. The average Bonchev–Trinajstić information content (AvgIpc) is 0.902. The summed E-state index contributed by atoms with van der Waals surface area (Å²) in [6.07, 6.45) is 113. The van der Waals surface area contributed by atoms with Gasteiger partial charge in [0, 0.05) is 19.3 Å². The Bertz CT molecular complexity index is 2720. The molecule has 4 N–H and O–H groups in total. The molecule has 0 amide bonds. The van der Waals surface area contributed by atoms with Crippen LogP contribution in [-0.2, 0) is 55.8 Å². The molecule has 5 unspecified atom stereocenters. The van der Waals surface area contributed by atoms with Gasteiger partial charge >= 0.3 is 33.6 Å². The molecule has 0 fully saturated rings. The van der Waals surface area contributed by atoms with Gasteiger partial charge in [-0.1, -0.05) is 371 Å². The van der Waals surface area contributed by atoms with E-state index in [9.17, 15) is 43.5 Å². The van der Waals surface area contributed by atoms with Crippen molar-refractivity contribution in [1.29, 1.82) is 0 Å². The van der Waals surface area contributed by atoms with Gasteiger partial charge in [-0.05, 0) is 148 Å². The molecule has 0 saturated heterocycles. The normalized spacial score (nSPS) is 14.5. The lowest BCUT2D eigenvalue weighted by atomic mass is 10.0. The Kier molecular flexibility index (Phi) is 84.7. The predicted molar refractivity (Wildman–Crippen MR) is 482 cm³/mol. The molecule has 0 rings (SSSR count). The van der Waals surface area contributed by atoms with E-state index in [0.29, 0.717) is 19.3 Å². The number of phosphoric ester groups is 2. The minimum Gasteiger partial charge on any atom is -0.463 e. The first-order valence-corrected chi connectivity index (χ1v) is 48.8. The molecule has 0 bridgehead atoms. The third kappa shape index (κ3) is 89.8. The molecule has 0 saturated carbocycles. The van der Waals surface area contributed by atoms with E-state index in [1.54, 1.807) is 0 Å². The Balaban J connectivity index is 4.51. The topological polar surface area (TPSA) is 231 Å². The van der Waals surface area contributed by atoms with E-state index in [4.69, 9.17) is 32.3 Å². The van der Waals surface area contributed by atoms with Crippen LogP contribution in [0.4, 0.5) is 0 Å². The van der Waals surface area contributed by atoms with Crippen molar-refractivity contribution in [2.24, 2.45) is 0 Å². The zero-order chi connectivity index (χ0) is 83.6. The van der Waals surface area contributed by atoms with Crippen LogP contribution in [0, 0.1) is 0 Å². The van der Waals surface area contributed by atoms with E-state index in [1.165, 1.54) is 141 Å². The van der Waals surface area contributed by atoms with Crippen molar-refractivity contribution >= 4 is 33.6 Å². The third-order valence-corrected chi connectivity index (χ3v) is 21.1. The maximum absolute atomic E-state index is 13.0. The number of carbonyl (C=O) groups is 3. The number of hydrogen-bond donors (Lipinski definition) is 4. The van der Waals surface area contributed by atoms with E-state index in [0.717, 1.165) is 180 Å². The number of rotatable bonds is 86. The first-order chi connectivity index (χ1) is 56.2. The number of phosphoric acid groups is 2. The molecular weight excluding hydrogens is 1480 g/mol. The molecule has 0 aliphatic rings. The first-order valence-electron chi connectivity index (χ1n) is 45.8. The molecular formula is C97H166O16P2. The summed E-state index contributed by atoms with van der Waals surface area (Å²) in [7, 11) is -9.81. The summed E-state index contributed by atoms with van der Waals surface area (Å²) in [5.74, 6) is -1.58. The standard InChI is InChI=1S/C97H166O16P2/c1-4-7-10-13-16-19-22-25-28-31-33-35-37-39-41-43-44-45-46-48-50-51-53-55-57-60-62-65-68-71-74-77-80-83-95(100)107-86-92(98)87-109-114(103,104)110-88-93(99)89-111-115(105,106)112-91-94(113-97(102)85-82-79-76-73-70-67-64-59-30-27-24-21-18-15-12-9-6-3)90-108-96(101)84-81-78-75-72-69-66-63-61-58-56-54-52-49-47-42-40-38-36-34-32-29-26-23-20-17-14-11-8-5-2/h7,9-10,12,16-21,25-30,33-36,39-42,44-45,92-94,98-99H,4-6,8,11,13-15,22-24,31-32,37-38,43,46-91H2,1-3H3,(H,103,104)(H,105,106)/b10-7-,12-9-,19-16-,20-17-,21-18-,28-25-,29-26-,30-27-,35-33-,36-34-,41-39-,42-40-,45-44-. The predicted octanol–water partition coefficient (Wildman–Crippen LogP) is 28.1. The van der Waals surface area contributed by atoms with Gasteiger partial charge in [0.1, 0.15) is 25.4 Å². The van der Waals surface area contributed by atoms with Gasteiger partial charge in [-0.15, -0.1) is 0 Å². The van der Waals surface area contributed by atoms with Crippen molar-refractivity contribution in [3.05, 3.63) is 158 Å². The highest BCUT2D eigenvalue weighted by Crippen LogP contribution is 2.45. The Morgan fingerprint density at radius 3 is 0.730 bits per heavy atom. The summed E-state index contributed by atoms with van der Waals surface area (Å²) in [5, 5.41) is 20.7. The fraction of sp³-hybridized carbons (Fsp3) is 0.701. The van der Waals surface area contributed by atoms with Crippen LogP contribution in [0.5, 0.6) is 0 Å². The van der Waals surface area contributed by atoms with E-state index < -0.39 is 91.5 Å². The number of carbonyl (C=O) groups excluding carboxylic acids is 3. The van der Waals surface area contributed by atoms with Crippen LogP contribution >= 0.6 is 15.6 Å². The number of unbranched alkanes of at least 4 members (excludes halogenated alkanes) is 37. The lowest BCUT2D eigenvalue weighted by molar-refractivity contribution is -0.161. The lowest BCUT2D eigenvalue weighted by Gasteiger charge is -2.21. The molecule has 0 aromatic heterocycles. The van der Waals surface area contributed by atoms with Crippen LogP contribution in [-0.4, -0.2) is 95.9 Å². The van der Waals surface area contributed by atoms with Crippen LogP contribution in [0.3, 0.4) is 0 Å². The fourth-order valence-electron chi connectivity index (χ4n) is 12.3. The van der Waals surface area contributed by atoms with Gasteiger partial charge in [-0.2, -0.15) is 0 Å². The van der Waals surface area contributed by atoms with Gasteiger partial charge in [0.05, 0.1) is 26.4 Å². The maximum Gasteiger partial charge on any atom is 0.472 e. The second-order valence-corrected chi connectivity index (χ2v) is 33.2. The second kappa shape index (κ2) is 88.5. The lowest BCUT2D eigenvalue weighted by Crippen LogP contribution is -2.30. The second-order valence-electron chi connectivity index (χ2n) is 30.3. The van der Waals surface area contributed by atoms with Crippen molar-refractivity contribution in [3.8, 4) is 0 Å². The third-order valence-electron chi connectivity index (χ3n) is 19.2. The molecule has 0 aromatic carbocycles. The molecule has 18 heteroatoms. The van der Waals surface area contributed by atoms with Gasteiger partial charge < -0.3 is 34.2 Å². The number of aliphatic hydroxyl groups excluding tert-OH is 2. The highest BCUT2D eigenvalue weighted by atomic mass is 31.2. The first kappa shape index (κ1) is 110. The van der Waals surface area contributed by atoms with Crippen LogP contribution in [0.1, 0.15) is 380 Å². The summed E-state index contributed by atoms with van der Waals surface area (Å²) < 4.78 is 61.4. The highest BCUT2D eigenvalue weighted by molar-refractivity contribution is 7.47. The summed E-state index contributed by atoms with van der Waals surface area (Å²) in [6, 6.07) is 0. The largest absolute Gasteiger partial charge is 0.472 e. The number of aliphatic hydroxyl groups is 2. The number of allylic oxidation sites excluding steroid dienone is 26. The summed E-state index contributed by atoms with van der Waals surface area (Å²) in [5.41, 5.74) is 0. The number of ether oxygens (including phenoxy) is 3. The van der Waals surface area contributed by atoms with Gasteiger partial charge in [-0.3, -0.25) is 32.5 Å². The minimum absolute atomic E-state index is 0.0910. The molecule has 0 aliphatic heterocycles. The monoisotopic (exact) mass is 1650 g/mol. The fourth-order valence-corrected chi connectivity index (χ4v) is 13.9. The van der Waals surface area contributed by atoms with E-state index in [2.05, 4.69) is 179 Å². The van der Waals surface area contributed by atoms with Crippen molar-refractivity contribution in [2.45, 2.75) is 399 Å². The SMILES string of the molecule is CC/C=C\C/C=C\C/C=C\C/C=C\C/C=C\C/C=C\CCCCCCCCCCCCCCCCC(=O)OCC(O)COP(=O)(O)OCC(O)COP(=O)(O)OCC(COC(=O)CCCCCCCCCCCCCCC/C=C\C/C=C\C/C=C\C/C=C\CCCCC)OC(=O)CCCCCCCCC/C=C\C/C=C\C/C=C\CC. The molecule has 0 aromatic rings. The van der Waals surface area contributed by atoms with Crippen molar-refractivity contribution in [2.75, 3.05) is 39.6 Å². The summed E-state index contributed by atoms with van der Waals surface area (Å²) >= 11 is 0. The highest BCUT2D eigenvalue weighted by Gasteiger charge is 2.29. The van der Waals surface area contributed by atoms with Crippen LogP contribution in [0.2, 0.25) is 0 Å². The summed E-state index contributed by atoms with van der Waals surface area (Å²) in [4.78, 5) is 58.9. The Hall–Kier alpha value is -4.83. The van der Waals surface area contributed by atoms with Gasteiger partial charge in [0.25, 0.3) is 0 Å². The van der Waals surface area contributed by atoms with E-state index in [1.807, 2.05) is 0 Å². The molecule has 115 heavy (non-hydrogen) atoms. The number of hydrogen-bond acceptors (Lipinski definition) is 14. The van der Waals surface area contributed by atoms with Crippen LogP contribution < -0.4 is 0 Å². The molecule has 0 heterocycles. The van der Waals surface area contributed by atoms with Crippen molar-refractivity contribution in [3.63, 3.8) is 0 Å². The maximum atomic E-state index is 13.0. The minimum atomic E-state index is -4.94. The zero-order valence-electron chi connectivity index (χ0n) is 72.7. The zero-order valence-corrected chi connectivity index (χ0v) is 74.5. The smallest absolute Gasteiger partial charge is 0.463 e. The van der Waals surface area contributed by atoms with Gasteiger partial charge in [-0.25, -0.2) is 9.13 Å². The Morgan fingerprint density at radius 1 is 0.252 bits per heavy atom. The van der Waals surface area contributed by atoms with Gasteiger partial charge in [0.2, 0.25) is 0 Å². The van der Waals surface area contributed by atoms with Crippen LogP contribution in [0.15, 0.2) is 158 Å².